The molecule has 1 rings (SSSR count). The van der Waals surface area contributed by atoms with Crippen molar-refractivity contribution in [3.05, 3.63) is 0 Å². The van der Waals surface area contributed by atoms with Gasteiger partial charge in [0.1, 0.15) is 12.1 Å². The second-order valence-corrected chi connectivity index (χ2v) is 3.06. The van der Waals surface area contributed by atoms with E-state index in [0.717, 1.165) is 0 Å². The second-order valence-electron chi connectivity index (χ2n) is 3.06. The van der Waals surface area contributed by atoms with Gasteiger partial charge in [-0.1, -0.05) is 0 Å². The van der Waals surface area contributed by atoms with Crippen molar-refractivity contribution in [1.82, 2.24) is 0 Å². The van der Waals surface area contributed by atoms with E-state index in [0.29, 0.717) is 0 Å². The Morgan fingerprint density at radius 2 is 2.31 bits per heavy atom. The van der Waals surface area contributed by atoms with Gasteiger partial charge in [0.05, 0.1) is 0 Å². The third kappa shape index (κ3) is 2.89. The highest BCUT2D eigenvalue weighted by Crippen LogP contribution is 2.44. The summed E-state index contributed by atoms with van der Waals surface area (Å²) in [4.78, 5) is 10.2. The first kappa shape index (κ1) is 10.3. The molecule has 4 nitrogen and oxygen atoms in total. The first-order chi connectivity index (χ1) is 5.93. The highest BCUT2D eigenvalue weighted by Gasteiger charge is 2.58. The Morgan fingerprint density at radius 3 is 2.69 bits per heavy atom. The summed E-state index contributed by atoms with van der Waals surface area (Å²) in [5, 5.41) is 8.34. The minimum Gasteiger partial charge on any atom is -0.480 e. The molecule has 1 aliphatic rings. The number of hydrogen-bond acceptors (Lipinski definition) is 3. The molecule has 0 aromatic rings. The fourth-order valence-corrected chi connectivity index (χ4v) is 0.830. The summed E-state index contributed by atoms with van der Waals surface area (Å²) in [6.45, 7) is -0.0340. The molecule has 1 saturated carbocycles. The fourth-order valence-electron chi connectivity index (χ4n) is 0.830. The molecule has 0 aliphatic heterocycles. The van der Waals surface area contributed by atoms with Gasteiger partial charge in [-0.15, -0.1) is 0 Å². The summed E-state index contributed by atoms with van der Waals surface area (Å²) < 4.78 is 29.1. The Kier molecular flexibility index (Phi) is 2.82. The summed E-state index contributed by atoms with van der Waals surface area (Å²) in [5.74, 6) is -3.86. The summed E-state index contributed by atoms with van der Waals surface area (Å²) in [6.07, 6.45) is -1.24. The normalized spacial score (nSPS) is 26.8. The number of carbonyl (C=O) groups is 1. The molecule has 1 fully saturated rings. The standard InChI is InChI=1S/C7H11F2NO3/c8-7(9)3-5(7)13-2-1-4(10)6(11)12/h4-5H,1-3,10H2,(H,11,12)/t4-,5?/m1/s1. The minimum absolute atomic E-state index is 0.0340. The number of hydrogen-bond donors (Lipinski definition) is 2. The first-order valence-corrected chi connectivity index (χ1v) is 3.91. The van der Waals surface area contributed by atoms with Crippen LogP contribution < -0.4 is 5.73 Å². The van der Waals surface area contributed by atoms with Gasteiger partial charge < -0.3 is 15.6 Å². The molecule has 13 heavy (non-hydrogen) atoms. The predicted molar refractivity (Wildman–Crippen MR) is 39.5 cm³/mol. The third-order valence-corrected chi connectivity index (χ3v) is 1.83. The van der Waals surface area contributed by atoms with Gasteiger partial charge in [-0.2, -0.15) is 0 Å². The summed E-state index contributed by atoms with van der Waals surface area (Å²) in [7, 11) is 0. The number of halogens is 2. The predicted octanol–water partition coefficient (Wildman–Crippen LogP) is 0.213. The smallest absolute Gasteiger partial charge is 0.320 e. The van der Waals surface area contributed by atoms with Crippen LogP contribution in [-0.2, 0) is 9.53 Å². The Morgan fingerprint density at radius 1 is 1.77 bits per heavy atom. The number of ether oxygens (including phenoxy) is 1. The van der Waals surface area contributed by atoms with Crippen LogP contribution in [0.5, 0.6) is 0 Å². The highest BCUT2D eigenvalue weighted by molar-refractivity contribution is 5.72. The fraction of sp³-hybridized carbons (Fsp3) is 0.857. The van der Waals surface area contributed by atoms with Gasteiger partial charge in [-0.3, -0.25) is 4.79 Å². The monoisotopic (exact) mass is 195 g/mol. The largest absolute Gasteiger partial charge is 0.480 e. The SMILES string of the molecule is N[C@H](CCOC1CC1(F)F)C(=O)O. The van der Waals surface area contributed by atoms with Crippen molar-refractivity contribution >= 4 is 5.97 Å². The Labute approximate surface area is 73.7 Å². The highest BCUT2D eigenvalue weighted by atomic mass is 19.3. The lowest BCUT2D eigenvalue weighted by Gasteiger charge is -2.06. The molecule has 0 radical (unpaired) electrons. The molecule has 0 aromatic carbocycles. The zero-order valence-corrected chi connectivity index (χ0v) is 6.87. The molecule has 6 heteroatoms. The van der Waals surface area contributed by atoms with Crippen molar-refractivity contribution in [2.45, 2.75) is 30.9 Å². The van der Waals surface area contributed by atoms with Crippen molar-refractivity contribution < 1.29 is 23.4 Å². The van der Waals surface area contributed by atoms with Crippen molar-refractivity contribution in [2.75, 3.05) is 6.61 Å². The molecule has 0 heterocycles. The Bertz CT molecular complexity index is 210. The van der Waals surface area contributed by atoms with E-state index in [9.17, 15) is 13.6 Å². The van der Waals surface area contributed by atoms with Crippen LogP contribution in [-0.4, -0.2) is 35.8 Å². The zero-order chi connectivity index (χ0) is 10.1. The van der Waals surface area contributed by atoms with E-state index in [2.05, 4.69) is 0 Å². The molecule has 0 bridgehead atoms. The third-order valence-electron chi connectivity index (χ3n) is 1.83. The molecule has 1 aliphatic carbocycles. The van der Waals surface area contributed by atoms with Crippen LogP contribution in [0.1, 0.15) is 12.8 Å². The van der Waals surface area contributed by atoms with Crippen molar-refractivity contribution in [3.8, 4) is 0 Å². The van der Waals surface area contributed by atoms with Crippen molar-refractivity contribution in [1.29, 1.82) is 0 Å². The Hall–Kier alpha value is -0.750. The molecule has 1 unspecified atom stereocenters. The van der Waals surface area contributed by atoms with Crippen LogP contribution in [0.4, 0.5) is 8.78 Å². The van der Waals surface area contributed by atoms with Gasteiger partial charge in [0, 0.05) is 13.0 Å². The average molecular weight is 195 g/mol. The molecule has 0 spiro atoms. The Balaban J connectivity index is 2.06. The van der Waals surface area contributed by atoms with Gasteiger partial charge in [-0.25, -0.2) is 8.78 Å². The minimum atomic E-state index is -2.71. The van der Waals surface area contributed by atoms with Gasteiger partial charge in [0.2, 0.25) is 0 Å². The molecule has 76 valence electrons. The van der Waals surface area contributed by atoms with Crippen LogP contribution in [0.3, 0.4) is 0 Å². The van der Waals surface area contributed by atoms with Crippen LogP contribution in [0.25, 0.3) is 0 Å². The average Bonchev–Trinajstić information content (AvgIpc) is 2.58. The molecule has 0 aromatic heterocycles. The maximum Gasteiger partial charge on any atom is 0.320 e. The summed E-state index contributed by atoms with van der Waals surface area (Å²) >= 11 is 0. The van der Waals surface area contributed by atoms with Crippen LogP contribution >= 0.6 is 0 Å². The molecule has 0 saturated heterocycles. The van der Waals surface area contributed by atoms with E-state index in [1.807, 2.05) is 0 Å². The van der Waals surface area contributed by atoms with Crippen LogP contribution in [0.2, 0.25) is 0 Å². The number of carboxylic acid groups (broad SMARTS) is 1. The van der Waals surface area contributed by atoms with E-state index in [1.54, 1.807) is 0 Å². The quantitative estimate of drug-likeness (QED) is 0.657. The van der Waals surface area contributed by atoms with E-state index in [1.165, 1.54) is 0 Å². The number of nitrogens with two attached hydrogens (primary N) is 1. The maximum atomic E-state index is 12.2. The van der Waals surface area contributed by atoms with E-state index >= 15 is 0 Å². The lowest BCUT2D eigenvalue weighted by molar-refractivity contribution is -0.139. The second kappa shape index (κ2) is 3.55. The molecule has 0 amide bonds. The number of aliphatic carboxylic acids is 1. The van der Waals surface area contributed by atoms with Crippen molar-refractivity contribution in [2.24, 2.45) is 5.73 Å². The summed E-state index contributed by atoms with van der Waals surface area (Å²) in [5.41, 5.74) is 5.12. The van der Waals surface area contributed by atoms with Crippen molar-refractivity contribution in [3.63, 3.8) is 0 Å². The lowest BCUT2D eigenvalue weighted by Crippen LogP contribution is -2.31. The van der Waals surface area contributed by atoms with Gasteiger partial charge in [0.15, 0.2) is 0 Å². The maximum absolute atomic E-state index is 12.2. The molecular formula is C7H11F2NO3. The molecule has 3 N–H and O–H groups in total. The van der Waals surface area contributed by atoms with E-state index < -0.39 is 24.0 Å². The topological polar surface area (TPSA) is 72.5 Å². The van der Waals surface area contributed by atoms with Gasteiger partial charge in [-0.05, 0) is 6.42 Å². The van der Waals surface area contributed by atoms with Gasteiger partial charge >= 0.3 is 5.97 Å². The summed E-state index contributed by atoms with van der Waals surface area (Å²) in [6, 6.07) is -1.03. The van der Waals surface area contributed by atoms with Crippen LogP contribution in [0, 0.1) is 0 Å². The van der Waals surface area contributed by atoms with E-state index in [-0.39, 0.29) is 19.4 Å². The number of carboxylic acids is 1. The number of alkyl halides is 2. The molecule has 2 atom stereocenters. The van der Waals surface area contributed by atoms with Crippen LogP contribution in [0.15, 0.2) is 0 Å². The zero-order valence-electron chi connectivity index (χ0n) is 6.87. The molecular weight excluding hydrogens is 184 g/mol. The number of rotatable bonds is 5. The van der Waals surface area contributed by atoms with Gasteiger partial charge in [0.25, 0.3) is 5.92 Å². The van der Waals surface area contributed by atoms with E-state index in [4.69, 9.17) is 15.6 Å². The first-order valence-electron chi connectivity index (χ1n) is 3.91. The lowest BCUT2D eigenvalue weighted by atomic mass is 10.2.